The van der Waals surface area contributed by atoms with Crippen molar-refractivity contribution in [3.8, 4) is 11.1 Å². The number of nitrogens with zero attached hydrogens (tertiary/aromatic N) is 4. The number of carbonyl (C=O) groups excluding carboxylic acids is 1. The first kappa shape index (κ1) is 15.7. The predicted molar refractivity (Wildman–Crippen MR) is 79.3 cm³/mol. The Hall–Kier alpha value is -3.17. The molecule has 0 aliphatic rings. The van der Waals surface area contributed by atoms with E-state index in [2.05, 4.69) is 20.3 Å². The summed E-state index contributed by atoms with van der Waals surface area (Å²) in [5, 5.41) is 3.97. The third-order valence-electron chi connectivity index (χ3n) is 3.05. The number of amides is 2. The number of carbonyl (C=O) groups is 1. The SMILES string of the molecule is O=C(NCC(F)(F)F)Nc1cn2ccc(-c3cncnc3)cc2n1. The van der Waals surface area contributed by atoms with E-state index in [1.165, 1.54) is 12.5 Å². The van der Waals surface area contributed by atoms with Crippen molar-refractivity contribution in [1.82, 2.24) is 24.7 Å². The molecule has 124 valence electrons. The maximum Gasteiger partial charge on any atom is 0.405 e. The van der Waals surface area contributed by atoms with Gasteiger partial charge in [-0.2, -0.15) is 13.2 Å². The van der Waals surface area contributed by atoms with Gasteiger partial charge >= 0.3 is 12.2 Å². The van der Waals surface area contributed by atoms with Crippen molar-refractivity contribution in [1.29, 1.82) is 0 Å². The molecule has 24 heavy (non-hydrogen) atoms. The van der Waals surface area contributed by atoms with Crippen LogP contribution in [0.1, 0.15) is 0 Å². The number of rotatable bonds is 3. The van der Waals surface area contributed by atoms with Gasteiger partial charge in [-0.15, -0.1) is 0 Å². The number of imidazole rings is 1. The van der Waals surface area contributed by atoms with E-state index in [4.69, 9.17) is 0 Å². The molecule has 0 bridgehead atoms. The lowest BCUT2D eigenvalue weighted by molar-refractivity contribution is -0.122. The Labute approximate surface area is 133 Å². The second-order valence-electron chi connectivity index (χ2n) is 4.86. The first-order chi connectivity index (χ1) is 11.4. The lowest BCUT2D eigenvalue weighted by Crippen LogP contribution is -2.36. The van der Waals surface area contributed by atoms with Gasteiger partial charge in [-0.1, -0.05) is 0 Å². The van der Waals surface area contributed by atoms with Crippen molar-refractivity contribution in [3.63, 3.8) is 0 Å². The predicted octanol–water partition coefficient (Wildman–Crippen LogP) is 2.48. The fraction of sp³-hybridized carbons (Fsp3) is 0.143. The summed E-state index contributed by atoms with van der Waals surface area (Å²) in [7, 11) is 0. The third kappa shape index (κ3) is 3.77. The van der Waals surface area contributed by atoms with Crippen molar-refractivity contribution >= 4 is 17.5 Å². The smallest absolute Gasteiger partial charge is 0.329 e. The molecule has 2 amide bonds. The van der Waals surface area contributed by atoms with Gasteiger partial charge in [-0.05, 0) is 17.7 Å². The molecule has 0 aliphatic heterocycles. The van der Waals surface area contributed by atoms with Gasteiger partial charge in [0, 0.05) is 24.2 Å². The Morgan fingerprint density at radius 1 is 1.21 bits per heavy atom. The van der Waals surface area contributed by atoms with Gasteiger partial charge in [0.1, 0.15) is 18.5 Å². The molecule has 0 unspecified atom stereocenters. The second kappa shape index (κ2) is 6.14. The summed E-state index contributed by atoms with van der Waals surface area (Å²) in [5.41, 5.74) is 2.13. The van der Waals surface area contributed by atoms with Crippen LogP contribution in [0.2, 0.25) is 0 Å². The first-order valence-electron chi connectivity index (χ1n) is 6.76. The Kier molecular flexibility index (Phi) is 4.02. The van der Waals surface area contributed by atoms with Crippen LogP contribution in [-0.4, -0.2) is 38.1 Å². The summed E-state index contributed by atoms with van der Waals surface area (Å²) in [4.78, 5) is 23.4. The summed E-state index contributed by atoms with van der Waals surface area (Å²) in [5.74, 6) is 0.135. The standard InChI is InChI=1S/C14H11F3N6O/c15-14(16,17)7-20-13(24)22-11-6-23-2-1-9(3-12(23)21-11)10-4-18-8-19-5-10/h1-6,8H,7H2,(H2,20,22,24). The van der Waals surface area contributed by atoms with E-state index in [0.717, 1.165) is 11.1 Å². The van der Waals surface area contributed by atoms with Gasteiger partial charge < -0.3 is 9.72 Å². The van der Waals surface area contributed by atoms with E-state index in [-0.39, 0.29) is 5.82 Å². The molecule has 7 nitrogen and oxygen atoms in total. The maximum absolute atomic E-state index is 12.1. The molecule has 0 atom stereocenters. The maximum atomic E-state index is 12.1. The fourth-order valence-electron chi connectivity index (χ4n) is 2.01. The first-order valence-corrected chi connectivity index (χ1v) is 6.76. The highest BCUT2D eigenvalue weighted by Gasteiger charge is 2.27. The van der Waals surface area contributed by atoms with E-state index in [0.29, 0.717) is 5.65 Å². The highest BCUT2D eigenvalue weighted by Crippen LogP contribution is 2.20. The average Bonchev–Trinajstić information content (AvgIpc) is 2.94. The molecule has 0 aromatic carbocycles. The molecule has 3 aromatic heterocycles. The summed E-state index contributed by atoms with van der Waals surface area (Å²) in [6, 6.07) is 2.57. The van der Waals surface area contributed by atoms with Crippen LogP contribution in [-0.2, 0) is 0 Å². The van der Waals surface area contributed by atoms with Crippen LogP contribution >= 0.6 is 0 Å². The lowest BCUT2D eigenvalue weighted by Gasteiger charge is -2.07. The largest absolute Gasteiger partial charge is 0.405 e. The Bertz CT molecular complexity index is 862. The van der Waals surface area contributed by atoms with Gasteiger partial charge in [0.15, 0.2) is 5.82 Å². The van der Waals surface area contributed by atoms with Crippen molar-refractivity contribution < 1.29 is 18.0 Å². The zero-order chi connectivity index (χ0) is 17.2. The van der Waals surface area contributed by atoms with E-state index >= 15 is 0 Å². The van der Waals surface area contributed by atoms with E-state index in [9.17, 15) is 18.0 Å². The van der Waals surface area contributed by atoms with Crippen LogP contribution in [0, 0.1) is 0 Å². The van der Waals surface area contributed by atoms with Crippen LogP contribution in [0.25, 0.3) is 16.8 Å². The summed E-state index contributed by atoms with van der Waals surface area (Å²) in [6.45, 7) is -1.41. The number of urea groups is 1. The molecule has 0 aliphatic carbocycles. The molecule has 2 N–H and O–H groups in total. The average molecular weight is 336 g/mol. The van der Waals surface area contributed by atoms with Crippen molar-refractivity contribution in [2.75, 3.05) is 11.9 Å². The summed E-state index contributed by atoms with van der Waals surface area (Å²) >= 11 is 0. The number of alkyl halides is 3. The number of hydrogen-bond acceptors (Lipinski definition) is 4. The monoisotopic (exact) mass is 336 g/mol. The highest BCUT2D eigenvalue weighted by atomic mass is 19.4. The van der Waals surface area contributed by atoms with Gasteiger partial charge in [0.05, 0.1) is 6.20 Å². The number of fused-ring (bicyclic) bond motifs is 1. The zero-order valence-corrected chi connectivity index (χ0v) is 12.1. The Balaban J connectivity index is 1.76. The number of pyridine rings is 1. The van der Waals surface area contributed by atoms with Crippen LogP contribution in [0.5, 0.6) is 0 Å². The molecular formula is C14H11F3N6O. The Morgan fingerprint density at radius 3 is 2.67 bits per heavy atom. The lowest BCUT2D eigenvalue weighted by atomic mass is 10.1. The summed E-state index contributed by atoms with van der Waals surface area (Å²) in [6.07, 6.45) is 3.44. The molecule has 0 saturated heterocycles. The topological polar surface area (TPSA) is 84.2 Å². The molecule has 3 heterocycles. The molecule has 0 saturated carbocycles. The van der Waals surface area contributed by atoms with Gasteiger partial charge in [0.2, 0.25) is 0 Å². The van der Waals surface area contributed by atoms with E-state index in [1.807, 2.05) is 0 Å². The molecule has 0 radical (unpaired) electrons. The molecular weight excluding hydrogens is 325 g/mol. The van der Waals surface area contributed by atoms with Gasteiger partial charge in [-0.25, -0.2) is 19.7 Å². The quantitative estimate of drug-likeness (QED) is 0.769. The number of aromatic nitrogens is 4. The number of nitrogens with one attached hydrogen (secondary N) is 2. The van der Waals surface area contributed by atoms with Crippen LogP contribution in [0.15, 0.2) is 43.2 Å². The van der Waals surface area contributed by atoms with Crippen LogP contribution in [0.4, 0.5) is 23.8 Å². The molecule has 3 rings (SSSR count). The van der Waals surface area contributed by atoms with E-state index in [1.54, 1.807) is 40.4 Å². The zero-order valence-electron chi connectivity index (χ0n) is 12.1. The van der Waals surface area contributed by atoms with Crippen molar-refractivity contribution in [3.05, 3.63) is 43.2 Å². The normalized spacial score (nSPS) is 11.5. The second-order valence-corrected chi connectivity index (χ2v) is 4.86. The van der Waals surface area contributed by atoms with E-state index < -0.39 is 18.8 Å². The van der Waals surface area contributed by atoms with Crippen molar-refractivity contribution in [2.45, 2.75) is 6.18 Å². The van der Waals surface area contributed by atoms with Crippen molar-refractivity contribution in [2.24, 2.45) is 0 Å². The minimum Gasteiger partial charge on any atom is -0.329 e. The number of anilines is 1. The molecule has 0 fully saturated rings. The number of halogens is 3. The number of hydrogen-bond donors (Lipinski definition) is 2. The minimum atomic E-state index is -4.47. The molecule has 0 spiro atoms. The minimum absolute atomic E-state index is 0.135. The Morgan fingerprint density at radius 2 is 1.96 bits per heavy atom. The fourth-order valence-corrected chi connectivity index (χ4v) is 2.01. The summed E-state index contributed by atoms with van der Waals surface area (Å²) < 4.78 is 37.8. The van der Waals surface area contributed by atoms with Crippen LogP contribution < -0.4 is 10.6 Å². The molecule has 3 aromatic rings. The molecule has 10 heteroatoms. The van der Waals surface area contributed by atoms with Gasteiger partial charge in [0.25, 0.3) is 0 Å². The highest BCUT2D eigenvalue weighted by molar-refractivity contribution is 5.88. The van der Waals surface area contributed by atoms with Gasteiger partial charge in [-0.3, -0.25) is 5.32 Å². The third-order valence-corrected chi connectivity index (χ3v) is 3.05. The van der Waals surface area contributed by atoms with Crippen LogP contribution in [0.3, 0.4) is 0 Å².